The van der Waals surface area contributed by atoms with Gasteiger partial charge in [-0.2, -0.15) is 0 Å². The van der Waals surface area contributed by atoms with Gasteiger partial charge in [0, 0.05) is 12.1 Å². The van der Waals surface area contributed by atoms with Crippen LogP contribution < -0.4 is 10.5 Å². The lowest BCUT2D eigenvalue weighted by Crippen LogP contribution is -2.00. The molecule has 0 saturated heterocycles. The van der Waals surface area contributed by atoms with Gasteiger partial charge >= 0.3 is 0 Å². The Morgan fingerprint density at radius 2 is 1.89 bits per heavy atom. The maximum Gasteiger partial charge on any atom is 0.124 e. The van der Waals surface area contributed by atoms with E-state index in [9.17, 15) is 4.39 Å². The van der Waals surface area contributed by atoms with Crippen LogP contribution in [0, 0.1) is 5.82 Å². The van der Waals surface area contributed by atoms with Crippen molar-refractivity contribution in [3.8, 4) is 16.9 Å². The molecule has 0 fully saturated rings. The van der Waals surface area contributed by atoms with E-state index in [1.54, 1.807) is 13.2 Å². The van der Waals surface area contributed by atoms with Gasteiger partial charge in [0.25, 0.3) is 0 Å². The molecular weight excluding hydrogens is 253 g/mol. The van der Waals surface area contributed by atoms with Crippen molar-refractivity contribution in [2.24, 2.45) is 5.73 Å². The summed E-state index contributed by atoms with van der Waals surface area (Å²) in [7, 11) is 1.60. The van der Waals surface area contributed by atoms with Crippen LogP contribution in [-0.4, -0.2) is 7.11 Å². The number of nitrogens with two attached hydrogens (primary N) is 1. The van der Waals surface area contributed by atoms with Crippen molar-refractivity contribution >= 4 is 11.6 Å². The van der Waals surface area contributed by atoms with E-state index in [-0.39, 0.29) is 5.82 Å². The van der Waals surface area contributed by atoms with Gasteiger partial charge in [0.2, 0.25) is 0 Å². The Balaban J connectivity index is 2.56. The Morgan fingerprint density at radius 1 is 1.17 bits per heavy atom. The highest BCUT2D eigenvalue weighted by molar-refractivity contribution is 6.33. The van der Waals surface area contributed by atoms with Crippen LogP contribution in [0.25, 0.3) is 11.1 Å². The summed E-state index contributed by atoms with van der Waals surface area (Å²) in [5.41, 5.74) is 8.28. The molecule has 2 nitrogen and oxygen atoms in total. The van der Waals surface area contributed by atoms with Crippen LogP contribution in [0.15, 0.2) is 36.4 Å². The Labute approximate surface area is 110 Å². The van der Waals surface area contributed by atoms with Gasteiger partial charge in [-0.3, -0.25) is 0 Å². The molecule has 0 aliphatic carbocycles. The average Bonchev–Trinajstić information content (AvgIpc) is 2.38. The molecule has 0 amide bonds. The summed E-state index contributed by atoms with van der Waals surface area (Å²) in [6, 6.07) is 9.88. The Hall–Kier alpha value is -1.58. The van der Waals surface area contributed by atoms with E-state index < -0.39 is 0 Å². The third-order valence-corrected chi connectivity index (χ3v) is 3.07. The standard InChI is InChI=1S/C14H13ClFNO/c1-18-11-3-5-12(9(6-11)8-17)13-4-2-10(16)7-14(13)15/h2-7H,8,17H2,1H3. The van der Waals surface area contributed by atoms with Crippen molar-refractivity contribution in [3.05, 3.63) is 52.8 Å². The van der Waals surface area contributed by atoms with E-state index in [1.807, 2.05) is 18.2 Å². The topological polar surface area (TPSA) is 35.2 Å². The Bertz CT molecular complexity index is 572. The first-order valence-corrected chi connectivity index (χ1v) is 5.86. The van der Waals surface area contributed by atoms with Crippen LogP contribution >= 0.6 is 11.6 Å². The van der Waals surface area contributed by atoms with Gasteiger partial charge in [0.15, 0.2) is 0 Å². The lowest BCUT2D eigenvalue weighted by atomic mass is 9.99. The van der Waals surface area contributed by atoms with Crippen LogP contribution in [0.5, 0.6) is 5.75 Å². The van der Waals surface area contributed by atoms with Gasteiger partial charge in [-0.15, -0.1) is 0 Å². The summed E-state index contributed by atoms with van der Waals surface area (Å²) in [4.78, 5) is 0. The summed E-state index contributed by atoms with van der Waals surface area (Å²) >= 11 is 6.05. The van der Waals surface area contributed by atoms with E-state index in [0.717, 1.165) is 22.4 Å². The zero-order chi connectivity index (χ0) is 13.1. The normalized spacial score (nSPS) is 10.4. The molecule has 0 radical (unpaired) electrons. The van der Waals surface area contributed by atoms with Crippen molar-refractivity contribution in [2.75, 3.05) is 7.11 Å². The summed E-state index contributed by atoms with van der Waals surface area (Å²) in [5, 5.41) is 0.370. The van der Waals surface area contributed by atoms with Crippen LogP contribution in [0.4, 0.5) is 4.39 Å². The van der Waals surface area contributed by atoms with Crippen molar-refractivity contribution < 1.29 is 9.13 Å². The molecule has 0 heterocycles. The third kappa shape index (κ3) is 2.47. The Kier molecular flexibility index (Phi) is 3.84. The maximum absolute atomic E-state index is 13.0. The highest BCUT2D eigenvalue weighted by Crippen LogP contribution is 2.32. The monoisotopic (exact) mass is 265 g/mol. The van der Waals surface area contributed by atoms with Gasteiger partial charge in [-0.05, 0) is 41.5 Å². The molecular formula is C14H13ClFNO. The van der Waals surface area contributed by atoms with Gasteiger partial charge in [-0.25, -0.2) is 4.39 Å². The van der Waals surface area contributed by atoms with Gasteiger partial charge in [0.05, 0.1) is 12.1 Å². The largest absolute Gasteiger partial charge is 0.497 e. The van der Waals surface area contributed by atoms with Crippen LogP contribution in [-0.2, 0) is 6.54 Å². The minimum absolute atomic E-state index is 0.355. The fraction of sp³-hybridized carbons (Fsp3) is 0.143. The molecule has 2 rings (SSSR count). The second-order valence-electron chi connectivity index (χ2n) is 3.85. The lowest BCUT2D eigenvalue weighted by molar-refractivity contribution is 0.414. The molecule has 0 aromatic heterocycles. The fourth-order valence-electron chi connectivity index (χ4n) is 1.84. The number of benzene rings is 2. The molecule has 18 heavy (non-hydrogen) atoms. The maximum atomic E-state index is 13.0. The zero-order valence-corrected chi connectivity index (χ0v) is 10.7. The van der Waals surface area contributed by atoms with Crippen LogP contribution in [0.2, 0.25) is 5.02 Å². The summed E-state index contributed by atoms with van der Waals surface area (Å²) < 4.78 is 18.2. The van der Waals surface area contributed by atoms with Gasteiger partial charge in [-0.1, -0.05) is 17.7 Å². The summed E-state index contributed by atoms with van der Waals surface area (Å²) in [6.45, 7) is 0.361. The molecule has 94 valence electrons. The molecule has 2 N–H and O–H groups in total. The van der Waals surface area contributed by atoms with Crippen molar-refractivity contribution in [2.45, 2.75) is 6.54 Å². The summed E-state index contributed by atoms with van der Waals surface area (Å²) in [5.74, 6) is 0.379. The highest BCUT2D eigenvalue weighted by atomic mass is 35.5. The Morgan fingerprint density at radius 3 is 2.50 bits per heavy atom. The molecule has 2 aromatic carbocycles. The number of ether oxygens (including phenoxy) is 1. The van der Waals surface area contributed by atoms with E-state index in [0.29, 0.717) is 11.6 Å². The van der Waals surface area contributed by atoms with Crippen molar-refractivity contribution in [1.29, 1.82) is 0 Å². The molecule has 2 aromatic rings. The summed E-state index contributed by atoms with van der Waals surface area (Å²) in [6.07, 6.45) is 0. The minimum Gasteiger partial charge on any atom is -0.497 e. The first-order chi connectivity index (χ1) is 8.65. The predicted molar refractivity (Wildman–Crippen MR) is 71.3 cm³/mol. The molecule has 0 aliphatic heterocycles. The van der Waals surface area contributed by atoms with Crippen LogP contribution in [0.3, 0.4) is 0 Å². The van der Waals surface area contributed by atoms with E-state index in [1.165, 1.54) is 12.1 Å². The van der Waals surface area contributed by atoms with E-state index in [2.05, 4.69) is 0 Å². The number of hydrogen-bond donors (Lipinski definition) is 1. The molecule has 0 spiro atoms. The van der Waals surface area contributed by atoms with Gasteiger partial charge in [0.1, 0.15) is 11.6 Å². The lowest BCUT2D eigenvalue weighted by Gasteiger charge is -2.11. The van der Waals surface area contributed by atoms with Gasteiger partial charge < -0.3 is 10.5 Å². The quantitative estimate of drug-likeness (QED) is 0.920. The molecule has 0 bridgehead atoms. The fourth-order valence-corrected chi connectivity index (χ4v) is 2.11. The number of hydrogen-bond acceptors (Lipinski definition) is 2. The minimum atomic E-state index is -0.355. The number of methoxy groups -OCH3 is 1. The molecule has 0 aliphatic rings. The van der Waals surface area contributed by atoms with Crippen LogP contribution in [0.1, 0.15) is 5.56 Å². The zero-order valence-electron chi connectivity index (χ0n) is 9.91. The average molecular weight is 266 g/mol. The predicted octanol–water partition coefficient (Wildman–Crippen LogP) is 3.61. The molecule has 0 saturated carbocycles. The SMILES string of the molecule is COc1ccc(-c2ccc(F)cc2Cl)c(CN)c1. The molecule has 4 heteroatoms. The van der Waals surface area contributed by atoms with E-state index >= 15 is 0 Å². The molecule has 0 unspecified atom stereocenters. The van der Waals surface area contributed by atoms with Crippen molar-refractivity contribution in [1.82, 2.24) is 0 Å². The van der Waals surface area contributed by atoms with E-state index in [4.69, 9.17) is 22.1 Å². The van der Waals surface area contributed by atoms with Crippen molar-refractivity contribution in [3.63, 3.8) is 0 Å². The smallest absolute Gasteiger partial charge is 0.124 e. The number of halogens is 2. The second-order valence-corrected chi connectivity index (χ2v) is 4.26. The second kappa shape index (κ2) is 5.38. The number of rotatable bonds is 3. The third-order valence-electron chi connectivity index (χ3n) is 2.75. The first kappa shape index (κ1) is 12.9. The first-order valence-electron chi connectivity index (χ1n) is 5.48. The molecule has 0 atom stereocenters. The highest BCUT2D eigenvalue weighted by Gasteiger charge is 2.09.